The number of hydrogen-bond acceptors (Lipinski definition) is 3. The second-order valence-corrected chi connectivity index (χ2v) is 4.22. The highest BCUT2D eigenvalue weighted by Gasteiger charge is 2.35. The minimum Gasteiger partial charge on any atom is -0.396 e. The molecule has 1 saturated carbocycles. The van der Waals surface area contributed by atoms with E-state index < -0.39 is 11.7 Å². The highest BCUT2D eigenvalue weighted by atomic mass is 16.3. The molecule has 0 aromatic rings. The van der Waals surface area contributed by atoms with E-state index in [0.717, 1.165) is 19.3 Å². The summed E-state index contributed by atoms with van der Waals surface area (Å²) in [6, 6.07) is 0. The Morgan fingerprint density at radius 1 is 1.20 bits per heavy atom. The Kier molecular flexibility index (Phi) is 5.10. The van der Waals surface area contributed by atoms with E-state index in [1.807, 2.05) is 0 Å². The molecule has 1 aliphatic rings. The predicted molar refractivity (Wildman–Crippen MR) is 58.1 cm³/mol. The van der Waals surface area contributed by atoms with Crippen LogP contribution < -0.4 is 0 Å². The standard InChI is InChI=1S/C12H20O3/c13-10-6-1-3-7-11(14)12(15)8-4-2-5-9-12/h11,13-15H,1-2,4-6,8-10H2. The number of aliphatic hydroxyl groups is 3. The van der Waals surface area contributed by atoms with E-state index in [4.69, 9.17) is 5.11 Å². The normalized spacial score (nSPS) is 21.5. The van der Waals surface area contributed by atoms with Crippen molar-refractivity contribution in [1.29, 1.82) is 0 Å². The lowest BCUT2D eigenvalue weighted by Gasteiger charge is -2.33. The van der Waals surface area contributed by atoms with Gasteiger partial charge in [-0.3, -0.25) is 0 Å². The highest BCUT2D eigenvalue weighted by molar-refractivity contribution is 5.11. The summed E-state index contributed by atoms with van der Waals surface area (Å²) in [5, 5.41) is 28.4. The zero-order valence-corrected chi connectivity index (χ0v) is 9.08. The number of rotatable bonds is 3. The lowest BCUT2D eigenvalue weighted by atomic mass is 9.81. The third-order valence-corrected chi connectivity index (χ3v) is 2.93. The molecule has 1 fully saturated rings. The second-order valence-electron chi connectivity index (χ2n) is 4.22. The molecule has 1 aliphatic carbocycles. The van der Waals surface area contributed by atoms with Gasteiger partial charge in [0, 0.05) is 13.0 Å². The van der Waals surface area contributed by atoms with E-state index in [9.17, 15) is 10.2 Å². The number of aliphatic hydroxyl groups excluding tert-OH is 2. The van der Waals surface area contributed by atoms with Gasteiger partial charge < -0.3 is 15.3 Å². The van der Waals surface area contributed by atoms with Crippen molar-refractivity contribution in [3.05, 3.63) is 0 Å². The van der Waals surface area contributed by atoms with Gasteiger partial charge in [-0.2, -0.15) is 0 Å². The van der Waals surface area contributed by atoms with Crippen LogP contribution in [0.3, 0.4) is 0 Å². The molecule has 0 heterocycles. The van der Waals surface area contributed by atoms with Crippen LogP contribution in [0, 0.1) is 11.8 Å². The maximum absolute atomic E-state index is 10.1. The zero-order valence-electron chi connectivity index (χ0n) is 9.08. The monoisotopic (exact) mass is 212 g/mol. The topological polar surface area (TPSA) is 60.7 Å². The minimum atomic E-state index is -0.996. The van der Waals surface area contributed by atoms with E-state index in [0.29, 0.717) is 25.7 Å². The average molecular weight is 212 g/mol. The smallest absolute Gasteiger partial charge is 0.143 e. The molecular weight excluding hydrogens is 192 g/mol. The first kappa shape index (κ1) is 12.5. The molecule has 15 heavy (non-hydrogen) atoms. The molecule has 0 aliphatic heterocycles. The molecule has 3 nitrogen and oxygen atoms in total. The van der Waals surface area contributed by atoms with E-state index in [1.165, 1.54) is 0 Å². The quantitative estimate of drug-likeness (QED) is 0.479. The summed E-state index contributed by atoms with van der Waals surface area (Å²) in [5.41, 5.74) is -0.996. The molecule has 1 unspecified atom stereocenters. The van der Waals surface area contributed by atoms with Crippen molar-refractivity contribution in [3.63, 3.8) is 0 Å². The molecule has 0 spiro atoms. The zero-order chi connectivity index (χ0) is 11.1. The van der Waals surface area contributed by atoms with Crippen molar-refractivity contribution >= 4 is 0 Å². The Morgan fingerprint density at radius 2 is 1.87 bits per heavy atom. The van der Waals surface area contributed by atoms with Crippen LogP contribution in [0.1, 0.15) is 44.9 Å². The Labute approximate surface area is 91.1 Å². The Bertz CT molecular complexity index is 233. The molecule has 3 heteroatoms. The van der Waals surface area contributed by atoms with E-state index in [2.05, 4.69) is 11.8 Å². The maximum atomic E-state index is 10.1. The summed E-state index contributed by atoms with van der Waals surface area (Å²) in [6.07, 6.45) is 4.61. The lowest BCUT2D eigenvalue weighted by Crippen LogP contribution is -2.43. The van der Waals surface area contributed by atoms with Crippen LogP contribution in [-0.2, 0) is 0 Å². The van der Waals surface area contributed by atoms with Crippen molar-refractivity contribution in [2.75, 3.05) is 6.61 Å². The Balaban J connectivity index is 2.42. The van der Waals surface area contributed by atoms with Crippen LogP contribution in [0.2, 0.25) is 0 Å². The van der Waals surface area contributed by atoms with Crippen LogP contribution in [-0.4, -0.2) is 33.6 Å². The first-order valence-corrected chi connectivity index (χ1v) is 5.69. The van der Waals surface area contributed by atoms with E-state index in [-0.39, 0.29) is 6.61 Å². The van der Waals surface area contributed by atoms with E-state index in [1.54, 1.807) is 0 Å². The summed E-state index contributed by atoms with van der Waals surface area (Å²) in [6.45, 7) is 0.120. The fourth-order valence-corrected chi connectivity index (χ4v) is 1.91. The van der Waals surface area contributed by atoms with Gasteiger partial charge in [0.2, 0.25) is 0 Å². The third kappa shape index (κ3) is 3.83. The van der Waals surface area contributed by atoms with Crippen molar-refractivity contribution in [2.45, 2.75) is 56.7 Å². The molecule has 0 saturated heterocycles. The summed E-state index contributed by atoms with van der Waals surface area (Å²) in [7, 11) is 0. The largest absolute Gasteiger partial charge is 0.396 e. The van der Waals surface area contributed by atoms with Crippen LogP contribution in [0.15, 0.2) is 0 Å². The summed E-state index contributed by atoms with van der Waals surface area (Å²) < 4.78 is 0. The van der Waals surface area contributed by atoms with Crippen molar-refractivity contribution in [1.82, 2.24) is 0 Å². The summed E-state index contributed by atoms with van der Waals surface area (Å²) >= 11 is 0. The van der Waals surface area contributed by atoms with Crippen LogP contribution in [0.25, 0.3) is 0 Å². The minimum absolute atomic E-state index is 0.120. The van der Waals surface area contributed by atoms with Gasteiger partial charge in [0.05, 0.1) is 0 Å². The lowest BCUT2D eigenvalue weighted by molar-refractivity contribution is -0.0721. The average Bonchev–Trinajstić information content (AvgIpc) is 2.25. The number of unbranched alkanes of at least 4 members (excludes halogenated alkanes) is 1. The molecule has 0 bridgehead atoms. The molecule has 1 rings (SSSR count). The van der Waals surface area contributed by atoms with Gasteiger partial charge in [0.15, 0.2) is 0 Å². The van der Waals surface area contributed by atoms with Crippen LogP contribution >= 0.6 is 0 Å². The van der Waals surface area contributed by atoms with Gasteiger partial charge in [-0.1, -0.05) is 25.2 Å². The Hall–Kier alpha value is -0.560. The molecular formula is C12H20O3. The van der Waals surface area contributed by atoms with Gasteiger partial charge in [-0.05, 0) is 19.3 Å². The van der Waals surface area contributed by atoms with Crippen molar-refractivity contribution < 1.29 is 15.3 Å². The van der Waals surface area contributed by atoms with Gasteiger partial charge in [-0.25, -0.2) is 0 Å². The molecule has 1 atom stereocenters. The molecule has 0 radical (unpaired) electrons. The summed E-state index contributed by atoms with van der Waals surface area (Å²) in [5.74, 6) is 5.46. The molecule has 0 aromatic heterocycles. The Morgan fingerprint density at radius 3 is 2.47 bits per heavy atom. The second kappa shape index (κ2) is 6.12. The first-order chi connectivity index (χ1) is 7.19. The van der Waals surface area contributed by atoms with Crippen molar-refractivity contribution in [2.24, 2.45) is 0 Å². The van der Waals surface area contributed by atoms with Gasteiger partial charge >= 0.3 is 0 Å². The predicted octanol–water partition coefficient (Wildman–Crippen LogP) is 0.818. The van der Waals surface area contributed by atoms with Gasteiger partial charge in [-0.15, -0.1) is 5.92 Å². The third-order valence-electron chi connectivity index (χ3n) is 2.93. The fraction of sp³-hybridized carbons (Fsp3) is 0.833. The summed E-state index contributed by atoms with van der Waals surface area (Å²) in [4.78, 5) is 0. The number of hydrogen-bond donors (Lipinski definition) is 3. The molecule has 3 N–H and O–H groups in total. The highest BCUT2D eigenvalue weighted by Crippen LogP contribution is 2.30. The van der Waals surface area contributed by atoms with E-state index >= 15 is 0 Å². The molecule has 86 valence electrons. The SMILES string of the molecule is OCCCC#CC(O)C1(O)CCCCC1. The van der Waals surface area contributed by atoms with Crippen LogP contribution in [0.4, 0.5) is 0 Å². The molecule has 0 aromatic carbocycles. The van der Waals surface area contributed by atoms with Gasteiger partial charge in [0.25, 0.3) is 0 Å². The maximum Gasteiger partial charge on any atom is 0.143 e. The van der Waals surface area contributed by atoms with Crippen molar-refractivity contribution in [3.8, 4) is 11.8 Å². The molecule has 0 amide bonds. The van der Waals surface area contributed by atoms with Crippen LogP contribution in [0.5, 0.6) is 0 Å². The first-order valence-electron chi connectivity index (χ1n) is 5.69. The fourth-order valence-electron chi connectivity index (χ4n) is 1.91. The van der Waals surface area contributed by atoms with Gasteiger partial charge in [0.1, 0.15) is 11.7 Å².